The van der Waals surface area contributed by atoms with Gasteiger partial charge in [-0.1, -0.05) is 6.07 Å². The predicted molar refractivity (Wildman–Crippen MR) is 94.0 cm³/mol. The second-order valence-corrected chi connectivity index (χ2v) is 7.40. The van der Waals surface area contributed by atoms with Crippen molar-refractivity contribution >= 4 is 5.82 Å². The first kappa shape index (κ1) is 16.2. The quantitative estimate of drug-likeness (QED) is 0.861. The van der Waals surface area contributed by atoms with Gasteiger partial charge < -0.3 is 16.4 Å². The number of benzene rings is 1. The van der Waals surface area contributed by atoms with Gasteiger partial charge in [-0.25, -0.2) is 9.18 Å². The van der Waals surface area contributed by atoms with E-state index in [1.54, 1.807) is 12.1 Å². The van der Waals surface area contributed by atoms with E-state index in [2.05, 4.69) is 9.88 Å². The number of halogens is 1. The topological polar surface area (TPSA) is 90.2 Å². The number of rotatable bonds is 4. The average Bonchev–Trinajstić information content (AvgIpc) is 2.52. The smallest absolute Gasteiger partial charge is 0.354 e. The number of aromatic nitrogens is 2. The van der Waals surface area contributed by atoms with Crippen LogP contribution < -0.4 is 17.2 Å². The number of nitrogens with two attached hydrogens (primary N) is 2. The largest absolute Gasteiger partial charge is 0.383 e. The van der Waals surface area contributed by atoms with Gasteiger partial charge in [-0.3, -0.25) is 4.57 Å². The maximum Gasteiger partial charge on any atom is 0.354 e. The van der Waals surface area contributed by atoms with Crippen molar-refractivity contribution in [1.82, 2.24) is 14.5 Å². The molecule has 6 nitrogen and oxygen atoms in total. The lowest BCUT2D eigenvalue weighted by Gasteiger charge is -2.54. The van der Waals surface area contributed by atoms with E-state index in [1.165, 1.54) is 22.9 Å². The third-order valence-electron chi connectivity index (χ3n) is 5.28. The Labute approximate surface area is 145 Å². The fraction of sp³-hybridized carbons (Fsp3) is 0.444. The normalized spacial score (nSPS) is 25.6. The second kappa shape index (κ2) is 5.93. The van der Waals surface area contributed by atoms with Crippen LogP contribution in [0.25, 0.3) is 5.69 Å². The van der Waals surface area contributed by atoms with Crippen molar-refractivity contribution in [2.24, 2.45) is 11.7 Å². The van der Waals surface area contributed by atoms with Gasteiger partial charge in [-0.15, -0.1) is 0 Å². The molecule has 3 heterocycles. The van der Waals surface area contributed by atoms with E-state index >= 15 is 0 Å². The van der Waals surface area contributed by atoms with Gasteiger partial charge in [-0.2, -0.15) is 4.98 Å². The fourth-order valence-corrected chi connectivity index (χ4v) is 4.17. The van der Waals surface area contributed by atoms with Crippen LogP contribution in [0, 0.1) is 11.7 Å². The van der Waals surface area contributed by atoms with Crippen LogP contribution in [0.4, 0.5) is 10.2 Å². The summed E-state index contributed by atoms with van der Waals surface area (Å²) < 4.78 is 15.7. The molecule has 0 unspecified atom stereocenters. The SMILES string of the molecule is Nc1ccn(-c2ccc(CCN3CC4CC(N)(C4)C3)c(F)c2)c(=O)n1. The van der Waals surface area contributed by atoms with E-state index in [-0.39, 0.29) is 17.2 Å². The second-order valence-electron chi connectivity index (χ2n) is 7.40. The monoisotopic (exact) mass is 343 g/mol. The summed E-state index contributed by atoms with van der Waals surface area (Å²) in [4.78, 5) is 17.9. The van der Waals surface area contributed by atoms with Gasteiger partial charge in [0.25, 0.3) is 0 Å². The molecular formula is C18H22FN5O. The Kier molecular flexibility index (Phi) is 3.85. The summed E-state index contributed by atoms with van der Waals surface area (Å²) in [6, 6.07) is 6.34. The molecule has 1 aromatic heterocycles. The van der Waals surface area contributed by atoms with E-state index in [1.807, 2.05) is 0 Å². The van der Waals surface area contributed by atoms with E-state index in [4.69, 9.17) is 11.5 Å². The molecule has 0 amide bonds. The van der Waals surface area contributed by atoms with Crippen molar-refractivity contribution in [2.75, 3.05) is 25.4 Å². The Bertz CT molecular complexity index is 859. The molecule has 7 heteroatoms. The minimum absolute atomic E-state index is 0.0192. The molecule has 1 saturated carbocycles. The van der Waals surface area contributed by atoms with Crippen molar-refractivity contribution in [3.63, 3.8) is 0 Å². The van der Waals surface area contributed by atoms with Crippen LogP contribution >= 0.6 is 0 Å². The molecule has 3 fully saturated rings. The van der Waals surface area contributed by atoms with Gasteiger partial charge in [0.2, 0.25) is 0 Å². The van der Waals surface area contributed by atoms with Gasteiger partial charge in [0.15, 0.2) is 0 Å². The molecule has 5 rings (SSSR count). The van der Waals surface area contributed by atoms with E-state index in [9.17, 15) is 9.18 Å². The first-order valence-electron chi connectivity index (χ1n) is 8.57. The number of piperidine rings is 2. The molecule has 1 aliphatic carbocycles. The van der Waals surface area contributed by atoms with Gasteiger partial charge in [0.05, 0.1) is 5.69 Å². The van der Waals surface area contributed by atoms with Crippen LogP contribution in [0.5, 0.6) is 0 Å². The molecule has 132 valence electrons. The number of nitrogens with zero attached hydrogens (tertiary/aromatic N) is 3. The lowest BCUT2D eigenvalue weighted by atomic mass is 9.65. The summed E-state index contributed by atoms with van der Waals surface area (Å²) in [6.07, 6.45) is 4.37. The fourth-order valence-electron chi connectivity index (χ4n) is 4.17. The minimum Gasteiger partial charge on any atom is -0.383 e. The van der Waals surface area contributed by atoms with E-state index < -0.39 is 5.69 Å². The molecule has 1 aromatic carbocycles. The number of anilines is 1. The lowest BCUT2D eigenvalue weighted by Crippen LogP contribution is -2.66. The molecule has 2 aromatic rings. The number of hydrogen-bond acceptors (Lipinski definition) is 5. The van der Waals surface area contributed by atoms with Gasteiger partial charge in [0.1, 0.15) is 11.6 Å². The third-order valence-corrected chi connectivity index (χ3v) is 5.28. The van der Waals surface area contributed by atoms with Gasteiger partial charge in [0, 0.05) is 31.4 Å². The maximum atomic E-state index is 14.5. The lowest BCUT2D eigenvalue weighted by molar-refractivity contribution is 0.00367. The number of hydrogen-bond donors (Lipinski definition) is 2. The highest BCUT2D eigenvalue weighted by molar-refractivity contribution is 5.37. The van der Waals surface area contributed by atoms with Crippen molar-refractivity contribution in [2.45, 2.75) is 24.8 Å². The third kappa shape index (κ3) is 3.17. The maximum absolute atomic E-state index is 14.5. The summed E-state index contributed by atoms with van der Waals surface area (Å²) in [5, 5.41) is 0. The Balaban J connectivity index is 1.46. The zero-order valence-corrected chi connectivity index (χ0v) is 14.0. The van der Waals surface area contributed by atoms with E-state index in [0.29, 0.717) is 23.6 Å². The van der Waals surface area contributed by atoms with Gasteiger partial charge in [-0.05, 0) is 48.9 Å². The van der Waals surface area contributed by atoms with Crippen LogP contribution in [-0.2, 0) is 6.42 Å². The van der Waals surface area contributed by atoms with Crippen LogP contribution in [0.15, 0.2) is 35.3 Å². The highest BCUT2D eigenvalue weighted by atomic mass is 19.1. The Hall–Kier alpha value is -2.25. The molecule has 2 saturated heterocycles. The molecule has 4 N–H and O–H groups in total. The molecule has 3 aliphatic rings. The molecular weight excluding hydrogens is 321 g/mol. The first-order valence-corrected chi connectivity index (χ1v) is 8.57. The van der Waals surface area contributed by atoms with Gasteiger partial charge >= 0.3 is 5.69 Å². The minimum atomic E-state index is -0.520. The Morgan fingerprint density at radius 1 is 1.32 bits per heavy atom. The zero-order valence-electron chi connectivity index (χ0n) is 14.0. The Morgan fingerprint density at radius 2 is 2.12 bits per heavy atom. The standard InChI is InChI=1S/C18H22FN5O/c19-15-7-14(24-6-4-16(20)22-17(24)25)2-1-13(15)3-5-23-10-12-8-18(21,9-12)11-23/h1-2,4,6-7,12H,3,5,8-11,21H2,(H2,20,22,25). The highest BCUT2D eigenvalue weighted by Gasteiger charge is 2.46. The van der Waals surface area contributed by atoms with Crippen LogP contribution in [0.1, 0.15) is 18.4 Å². The predicted octanol–water partition coefficient (Wildman–Crippen LogP) is 0.919. The molecule has 2 bridgehead atoms. The van der Waals surface area contributed by atoms with Crippen molar-refractivity contribution in [3.05, 3.63) is 52.3 Å². The summed E-state index contributed by atoms with van der Waals surface area (Å²) in [7, 11) is 0. The molecule has 25 heavy (non-hydrogen) atoms. The number of nitrogen functional groups attached to an aromatic ring is 1. The van der Waals surface area contributed by atoms with Crippen molar-refractivity contribution < 1.29 is 4.39 Å². The highest BCUT2D eigenvalue weighted by Crippen LogP contribution is 2.41. The van der Waals surface area contributed by atoms with Crippen LogP contribution in [0.3, 0.4) is 0 Å². The number of fused-ring (bicyclic) bond motifs is 2. The first-order chi connectivity index (χ1) is 11.9. The zero-order chi connectivity index (χ0) is 17.6. The average molecular weight is 343 g/mol. The molecule has 0 radical (unpaired) electrons. The van der Waals surface area contributed by atoms with Crippen molar-refractivity contribution in [1.29, 1.82) is 0 Å². The summed E-state index contributed by atoms with van der Waals surface area (Å²) in [6.45, 7) is 2.76. The summed E-state index contributed by atoms with van der Waals surface area (Å²) in [5.41, 5.74) is 12.3. The van der Waals surface area contributed by atoms with Crippen LogP contribution in [-0.4, -0.2) is 39.6 Å². The summed E-state index contributed by atoms with van der Waals surface area (Å²) >= 11 is 0. The molecule has 0 spiro atoms. The van der Waals surface area contributed by atoms with Crippen LogP contribution in [0.2, 0.25) is 0 Å². The molecule has 0 atom stereocenters. The van der Waals surface area contributed by atoms with E-state index in [0.717, 1.165) is 32.5 Å². The Morgan fingerprint density at radius 3 is 2.80 bits per heavy atom. The molecule has 2 aliphatic heterocycles. The summed E-state index contributed by atoms with van der Waals surface area (Å²) in [5.74, 6) is 0.539. The van der Waals surface area contributed by atoms with Crippen molar-refractivity contribution in [3.8, 4) is 5.69 Å².